The van der Waals surface area contributed by atoms with Crippen LogP contribution in [0, 0.1) is 19.8 Å². The molecule has 1 saturated heterocycles. The molecule has 1 N–H and O–H groups in total. The zero-order valence-electron chi connectivity index (χ0n) is 14.2. The number of aliphatic carboxylic acids is 1. The quantitative estimate of drug-likeness (QED) is 0.908. The third-order valence-corrected chi connectivity index (χ3v) is 5.07. The fourth-order valence-electron chi connectivity index (χ4n) is 3.25. The topological polar surface area (TPSA) is 75.4 Å². The van der Waals surface area contributed by atoms with E-state index in [1.165, 1.54) is 0 Å². The zero-order valence-corrected chi connectivity index (χ0v) is 15.0. The summed E-state index contributed by atoms with van der Waals surface area (Å²) in [5.74, 6) is -1.48. The average Bonchev–Trinajstić information content (AvgIpc) is 3.15. The highest BCUT2D eigenvalue weighted by molar-refractivity contribution is 6.31. The van der Waals surface area contributed by atoms with Gasteiger partial charge in [-0.1, -0.05) is 29.8 Å². The number of aryl methyl sites for hydroxylation is 1. The number of amides is 1. The van der Waals surface area contributed by atoms with E-state index in [9.17, 15) is 9.59 Å². The largest absolute Gasteiger partial charge is 0.481 e. The number of hydrogen-bond donors (Lipinski definition) is 1. The molecule has 7 heteroatoms. The van der Waals surface area contributed by atoms with Gasteiger partial charge in [-0.2, -0.15) is 5.10 Å². The van der Waals surface area contributed by atoms with E-state index in [4.69, 9.17) is 16.7 Å². The Hall–Kier alpha value is -2.34. The van der Waals surface area contributed by atoms with Crippen LogP contribution in [0.4, 0.5) is 0 Å². The zero-order chi connectivity index (χ0) is 18.1. The summed E-state index contributed by atoms with van der Waals surface area (Å²) >= 11 is 6.21. The number of rotatable bonds is 4. The highest BCUT2D eigenvalue weighted by Gasteiger charge is 2.33. The van der Waals surface area contributed by atoms with Gasteiger partial charge in [-0.05, 0) is 31.9 Å². The Morgan fingerprint density at radius 2 is 2.04 bits per heavy atom. The summed E-state index contributed by atoms with van der Waals surface area (Å²) in [5, 5.41) is 14.3. The van der Waals surface area contributed by atoms with Crippen LogP contribution in [0.1, 0.15) is 33.7 Å². The maximum absolute atomic E-state index is 12.8. The fourth-order valence-corrected chi connectivity index (χ4v) is 3.45. The van der Waals surface area contributed by atoms with Gasteiger partial charge in [-0.15, -0.1) is 0 Å². The van der Waals surface area contributed by atoms with Crippen molar-refractivity contribution in [3.8, 4) is 0 Å². The first kappa shape index (κ1) is 17.5. The predicted molar refractivity (Wildman–Crippen MR) is 93.9 cm³/mol. The van der Waals surface area contributed by atoms with Crippen molar-refractivity contribution in [1.29, 1.82) is 0 Å². The summed E-state index contributed by atoms with van der Waals surface area (Å²) in [6.07, 6.45) is 0.493. The molecule has 3 rings (SSSR count). The number of carboxylic acids is 1. The van der Waals surface area contributed by atoms with Crippen LogP contribution in [-0.4, -0.2) is 44.8 Å². The van der Waals surface area contributed by atoms with Crippen molar-refractivity contribution < 1.29 is 14.7 Å². The summed E-state index contributed by atoms with van der Waals surface area (Å²) in [4.78, 5) is 25.6. The molecule has 0 spiro atoms. The van der Waals surface area contributed by atoms with E-state index in [1.807, 2.05) is 31.2 Å². The van der Waals surface area contributed by atoms with Crippen molar-refractivity contribution in [2.24, 2.45) is 5.92 Å². The Kier molecular flexibility index (Phi) is 4.81. The normalized spacial score (nSPS) is 17.1. The molecular formula is C18H20ClN3O3. The van der Waals surface area contributed by atoms with Crippen molar-refractivity contribution in [3.05, 3.63) is 51.8 Å². The monoisotopic (exact) mass is 361 g/mol. The fraction of sp³-hybridized carbons (Fsp3) is 0.389. The highest BCUT2D eigenvalue weighted by atomic mass is 35.5. The van der Waals surface area contributed by atoms with E-state index in [0.29, 0.717) is 35.8 Å². The minimum Gasteiger partial charge on any atom is -0.481 e. The lowest BCUT2D eigenvalue weighted by molar-refractivity contribution is -0.141. The first-order valence-electron chi connectivity index (χ1n) is 8.18. The Labute approximate surface area is 151 Å². The van der Waals surface area contributed by atoms with Gasteiger partial charge in [-0.3, -0.25) is 14.3 Å². The molecular weight excluding hydrogens is 342 g/mol. The number of benzene rings is 1. The van der Waals surface area contributed by atoms with E-state index in [0.717, 1.165) is 11.3 Å². The van der Waals surface area contributed by atoms with Crippen LogP contribution in [0.5, 0.6) is 0 Å². The second-order valence-electron chi connectivity index (χ2n) is 6.37. The van der Waals surface area contributed by atoms with Gasteiger partial charge in [0.1, 0.15) is 0 Å². The Balaban J connectivity index is 1.84. The molecule has 2 aromatic rings. The lowest BCUT2D eigenvalue weighted by Crippen LogP contribution is -2.30. The van der Waals surface area contributed by atoms with E-state index in [1.54, 1.807) is 16.5 Å². The van der Waals surface area contributed by atoms with Crippen molar-refractivity contribution in [2.75, 3.05) is 13.1 Å². The smallest absolute Gasteiger partial charge is 0.308 e. The summed E-state index contributed by atoms with van der Waals surface area (Å²) < 4.78 is 1.77. The molecule has 1 aliphatic rings. The van der Waals surface area contributed by atoms with Gasteiger partial charge in [0.2, 0.25) is 0 Å². The molecule has 1 aliphatic heterocycles. The molecule has 0 unspecified atom stereocenters. The molecule has 132 valence electrons. The van der Waals surface area contributed by atoms with E-state index < -0.39 is 11.9 Å². The molecule has 1 atom stereocenters. The first-order chi connectivity index (χ1) is 11.9. The number of hydrogen-bond acceptors (Lipinski definition) is 3. The standard InChI is InChI=1S/C18H20ClN3O3/c1-11-16(17(23)21-8-7-14(9-21)18(24)25)12(2)22(20-11)10-13-5-3-4-6-15(13)19/h3-6,14H,7-10H2,1-2H3,(H,24,25)/t14-/m1/s1. The molecule has 0 saturated carbocycles. The van der Waals surface area contributed by atoms with E-state index in [-0.39, 0.29) is 12.5 Å². The van der Waals surface area contributed by atoms with Crippen LogP contribution in [-0.2, 0) is 11.3 Å². The third-order valence-electron chi connectivity index (χ3n) is 4.70. The minimum atomic E-state index is -0.849. The Morgan fingerprint density at radius 3 is 2.68 bits per heavy atom. The molecule has 1 aromatic carbocycles. The van der Waals surface area contributed by atoms with Crippen LogP contribution in [0.25, 0.3) is 0 Å². The van der Waals surface area contributed by atoms with Crippen LogP contribution in [0.15, 0.2) is 24.3 Å². The van der Waals surface area contributed by atoms with Gasteiger partial charge in [0.25, 0.3) is 5.91 Å². The number of nitrogens with zero attached hydrogens (tertiary/aromatic N) is 3. The van der Waals surface area contributed by atoms with Crippen molar-refractivity contribution >= 4 is 23.5 Å². The highest BCUT2D eigenvalue weighted by Crippen LogP contribution is 2.23. The van der Waals surface area contributed by atoms with Crippen molar-refractivity contribution in [2.45, 2.75) is 26.8 Å². The lowest BCUT2D eigenvalue weighted by Gasteiger charge is -2.16. The summed E-state index contributed by atoms with van der Waals surface area (Å²) in [6.45, 7) is 4.85. The van der Waals surface area contributed by atoms with Crippen LogP contribution < -0.4 is 0 Å². The molecule has 1 fully saturated rings. The van der Waals surface area contributed by atoms with Crippen LogP contribution in [0.2, 0.25) is 5.02 Å². The minimum absolute atomic E-state index is 0.149. The predicted octanol–water partition coefficient (Wildman–Crippen LogP) is 2.75. The van der Waals surface area contributed by atoms with Gasteiger partial charge in [0.15, 0.2) is 0 Å². The number of likely N-dealkylation sites (tertiary alicyclic amines) is 1. The van der Waals surface area contributed by atoms with Crippen LogP contribution in [0.3, 0.4) is 0 Å². The molecule has 6 nitrogen and oxygen atoms in total. The summed E-state index contributed by atoms with van der Waals surface area (Å²) in [7, 11) is 0. The van der Waals surface area contributed by atoms with E-state index >= 15 is 0 Å². The Bertz CT molecular complexity index is 831. The van der Waals surface area contributed by atoms with Crippen LogP contribution >= 0.6 is 11.6 Å². The molecule has 0 bridgehead atoms. The second kappa shape index (κ2) is 6.88. The maximum atomic E-state index is 12.8. The number of halogens is 1. The van der Waals surface area contributed by atoms with Gasteiger partial charge in [0, 0.05) is 23.8 Å². The first-order valence-corrected chi connectivity index (χ1v) is 8.55. The summed E-state index contributed by atoms with van der Waals surface area (Å²) in [6, 6.07) is 7.53. The SMILES string of the molecule is Cc1nn(Cc2ccccc2Cl)c(C)c1C(=O)N1CC[C@@H](C(=O)O)C1. The van der Waals surface area contributed by atoms with E-state index in [2.05, 4.69) is 5.10 Å². The van der Waals surface area contributed by atoms with Gasteiger partial charge >= 0.3 is 5.97 Å². The van der Waals surface area contributed by atoms with Gasteiger partial charge < -0.3 is 10.0 Å². The number of carbonyl (C=O) groups excluding carboxylic acids is 1. The van der Waals surface area contributed by atoms with Crippen molar-refractivity contribution in [1.82, 2.24) is 14.7 Å². The summed E-state index contributed by atoms with van der Waals surface area (Å²) in [5.41, 5.74) is 2.90. The van der Waals surface area contributed by atoms with Gasteiger partial charge in [0.05, 0.1) is 23.7 Å². The number of carboxylic acid groups (broad SMARTS) is 1. The third kappa shape index (κ3) is 3.39. The molecule has 0 aliphatic carbocycles. The molecule has 2 heterocycles. The molecule has 0 radical (unpaired) electrons. The molecule has 1 aromatic heterocycles. The molecule has 1 amide bonds. The Morgan fingerprint density at radius 1 is 1.32 bits per heavy atom. The average molecular weight is 362 g/mol. The second-order valence-corrected chi connectivity index (χ2v) is 6.78. The lowest BCUT2D eigenvalue weighted by atomic mass is 10.1. The van der Waals surface area contributed by atoms with Gasteiger partial charge in [-0.25, -0.2) is 0 Å². The molecule has 25 heavy (non-hydrogen) atoms. The maximum Gasteiger partial charge on any atom is 0.308 e. The van der Waals surface area contributed by atoms with Crippen molar-refractivity contribution in [3.63, 3.8) is 0 Å². The number of aromatic nitrogens is 2. The number of carbonyl (C=O) groups is 2.